The first-order valence-electron chi connectivity index (χ1n) is 7.96. The van der Waals surface area contributed by atoms with E-state index in [0.717, 1.165) is 16.8 Å². The molecule has 2 aromatic carbocycles. The molecule has 0 heterocycles. The quantitative estimate of drug-likeness (QED) is 0.771. The normalized spacial score (nSPS) is 11.3. The van der Waals surface area contributed by atoms with Crippen molar-refractivity contribution < 1.29 is 13.2 Å². The van der Waals surface area contributed by atoms with Crippen molar-refractivity contribution in [1.29, 1.82) is 0 Å². The van der Waals surface area contributed by atoms with Crippen LogP contribution in [0.2, 0.25) is 5.02 Å². The number of sulfonamides is 1. The first kappa shape index (κ1) is 19.4. The molecule has 25 heavy (non-hydrogen) atoms. The summed E-state index contributed by atoms with van der Waals surface area (Å²) < 4.78 is 26.2. The molecule has 1 amide bonds. The van der Waals surface area contributed by atoms with E-state index in [-0.39, 0.29) is 10.8 Å². The Morgan fingerprint density at radius 2 is 1.80 bits per heavy atom. The van der Waals surface area contributed by atoms with Gasteiger partial charge in [-0.2, -0.15) is 0 Å². The van der Waals surface area contributed by atoms with E-state index in [1.165, 1.54) is 0 Å². The summed E-state index contributed by atoms with van der Waals surface area (Å²) in [5.74, 6) is -0.102. The SMILES string of the molecule is CCNS(=O)(=O)c1ccc(CCC(=O)Nc2ccc(Cl)cc2C)cc1. The number of hydrogen-bond donors (Lipinski definition) is 2. The maximum atomic E-state index is 12.1. The number of nitrogens with one attached hydrogen (secondary N) is 2. The van der Waals surface area contributed by atoms with Crippen molar-refractivity contribution in [1.82, 2.24) is 4.72 Å². The van der Waals surface area contributed by atoms with E-state index in [9.17, 15) is 13.2 Å². The average molecular weight is 381 g/mol. The summed E-state index contributed by atoms with van der Waals surface area (Å²) in [4.78, 5) is 12.3. The van der Waals surface area contributed by atoms with Gasteiger partial charge in [0.25, 0.3) is 0 Å². The van der Waals surface area contributed by atoms with Gasteiger partial charge in [0.1, 0.15) is 0 Å². The Morgan fingerprint density at radius 1 is 1.12 bits per heavy atom. The number of rotatable bonds is 7. The predicted molar refractivity (Wildman–Crippen MR) is 100 cm³/mol. The molecule has 0 aliphatic carbocycles. The Morgan fingerprint density at radius 3 is 2.40 bits per heavy atom. The lowest BCUT2D eigenvalue weighted by molar-refractivity contribution is -0.116. The number of aryl methyl sites for hydroxylation is 2. The Hall–Kier alpha value is -1.89. The van der Waals surface area contributed by atoms with Crippen LogP contribution in [-0.2, 0) is 21.2 Å². The molecule has 0 aliphatic heterocycles. The van der Waals surface area contributed by atoms with Gasteiger partial charge in [0.05, 0.1) is 4.90 Å². The second-order valence-electron chi connectivity index (χ2n) is 5.65. The van der Waals surface area contributed by atoms with Crippen molar-refractivity contribution in [3.63, 3.8) is 0 Å². The number of amides is 1. The van der Waals surface area contributed by atoms with Gasteiger partial charge in [-0.05, 0) is 54.8 Å². The van der Waals surface area contributed by atoms with Crippen molar-refractivity contribution in [2.45, 2.75) is 31.6 Å². The standard InChI is InChI=1S/C18H21ClN2O3S/c1-3-20-25(23,24)16-8-4-14(5-9-16)6-11-18(22)21-17-10-7-15(19)12-13(17)2/h4-5,7-10,12,20H,3,6,11H2,1-2H3,(H,21,22). The molecular formula is C18H21ClN2O3S. The van der Waals surface area contributed by atoms with Crippen molar-refractivity contribution in [3.8, 4) is 0 Å². The fourth-order valence-electron chi connectivity index (χ4n) is 2.35. The molecule has 0 fully saturated rings. The first-order chi connectivity index (χ1) is 11.8. The lowest BCUT2D eigenvalue weighted by atomic mass is 10.1. The zero-order valence-electron chi connectivity index (χ0n) is 14.2. The van der Waals surface area contributed by atoms with Gasteiger partial charge in [-0.1, -0.05) is 30.7 Å². The van der Waals surface area contributed by atoms with E-state index in [2.05, 4.69) is 10.0 Å². The number of carbonyl (C=O) groups is 1. The zero-order valence-corrected chi connectivity index (χ0v) is 15.7. The van der Waals surface area contributed by atoms with Gasteiger partial charge in [0.15, 0.2) is 0 Å². The van der Waals surface area contributed by atoms with Gasteiger partial charge in [-0.15, -0.1) is 0 Å². The topological polar surface area (TPSA) is 75.3 Å². The molecule has 2 rings (SSSR count). The number of halogens is 1. The molecule has 134 valence electrons. The van der Waals surface area contributed by atoms with Gasteiger partial charge >= 0.3 is 0 Å². The number of hydrogen-bond acceptors (Lipinski definition) is 3. The Bertz CT molecular complexity index is 849. The maximum Gasteiger partial charge on any atom is 0.240 e. The molecule has 0 spiro atoms. The van der Waals surface area contributed by atoms with Crippen LogP contribution in [0, 0.1) is 6.92 Å². The third-order valence-electron chi connectivity index (χ3n) is 3.67. The molecule has 0 saturated heterocycles. The van der Waals surface area contributed by atoms with Gasteiger partial charge < -0.3 is 5.32 Å². The highest BCUT2D eigenvalue weighted by Crippen LogP contribution is 2.20. The lowest BCUT2D eigenvalue weighted by Gasteiger charge is -2.09. The number of benzene rings is 2. The van der Waals surface area contributed by atoms with Crippen LogP contribution in [-0.4, -0.2) is 20.9 Å². The highest BCUT2D eigenvalue weighted by atomic mass is 35.5. The number of carbonyl (C=O) groups excluding carboxylic acids is 1. The second kappa shape index (κ2) is 8.47. The molecule has 5 nitrogen and oxygen atoms in total. The highest BCUT2D eigenvalue weighted by Gasteiger charge is 2.12. The minimum Gasteiger partial charge on any atom is -0.326 e. The monoisotopic (exact) mass is 380 g/mol. The van der Waals surface area contributed by atoms with Gasteiger partial charge in [0, 0.05) is 23.7 Å². The first-order valence-corrected chi connectivity index (χ1v) is 9.82. The Labute approximate surface area is 153 Å². The minimum atomic E-state index is -3.45. The van der Waals surface area contributed by atoms with Crippen LogP contribution in [0.4, 0.5) is 5.69 Å². The lowest BCUT2D eigenvalue weighted by Crippen LogP contribution is -2.23. The molecule has 0 aliphatic rings. The van der Waals surface area contributed by atoms with Crippen LogP contribution in [0.15, 0.2) is 47.4 Å². The second-order valence-corrected chi connectivity index (χ2v) is 7.86. The molecule has 0 bridgehead atoms. The molecule has 0 saturated carbocycles. The summed E-state index contributed by atoms with van der Waals surface area (Å²) in [6.07, 6.45) is 0.835. The molecular weight excluding hydrogens is 360 g/mol. The van der Waals surface area contributed by atoms with E-state index >= 15 is 0 Å². The predicted octanol–water partition coefficient (Wildman–Crippen LogP) is 3.52. The zero-order chi connectivity index (χ0) is 18.4. The third kappa shape index (κ3) is 5.56. The van der Waals surface area contributed by atoms with E-state index < -0.39 is 10.0 Å². The molecule has 7 heteroatoms. The molecule has 0 radical (unpaired) electrons. The van der Waals surface area contributed by atoms with Crippen molar-refractivity contribution >= 4 is 33.2 Å². The number of anilines is 1. The Kier molecular flexibility index (Phi) is 6.58. The van der Waals surface area contributed by atoms with E-state index in [1.54, 1.807) is 49.4 Å². The minimum absolute atomic E-state index is 0.102. The summed E-state index contributed by atoms with van der Waals surface area (Å²) in [5, 5.41) is 3.48. The van der Waals surface area contributed by atoms with Crippen molar-refractivity contribution in [2.75, 3.05) is 11.9 Å². The van der Waals surface area contributed by atoms with Crippen LogP contribution in [0.5, 0.6) is 0 Å². The van der Waals surface area contributed by atoms with Crippen LogP contribution in [0.25, 0.3) is 0 Å². The maximum absolute atomic E-state index is 12.1. The fraction of sp³-hybridized carbons (Fsp3) is 0.278. The molecule has 2 N–H and O–H groups in total. The van der Waals surface area contributed by atoms with Crippen molar-refractivity contribution in [3.05, 3.63) is 58.6 Å². The summed E-state index contributed by atoms with van der Waals surface area (Å²) in [6.45, 7) is 3.95. The van der Waals surface area contributed by atoms with Crippen LogP contribution in [0.3, 0.4) is 0 Å². The van der Waals surface area contributed by atoms with Crippen LogP contribution < -0.4 is 10.0 Å². The molecule has 2 aromatic rings. The van der Waals surface area contributed by atoms with Crippen LogP contribution in [0.1, 0.15) is 24.5 Å². The largest absolute Gasteiger partial charge is 0.326 e. The van der Waals surface area contributed by atoms with E-state index in [4.69, 9.17) is 11.6 Å². The summed E-state index contributed by atoms with van der Waals surface area (Å²) in [6, 6.07) is 11.9. The molecule has 0 atom stereocenters. The summed E-state index contributed by atoms with van der Waals surface area (Å²) in [5.41, 5.74) is 2.54. The van der Waals surface area contributed by atoms with Gasteiger partial charge in [-0.25, -0.2) is 13.1 Å². The molecule has 0 aromatic heterocycles. The fourth-order valence-corrected chi connectivity index (χ4v) is 3.61. The molecule has 0 unspecified atom stereocenters. The highest BCUT2D eigenvalue weighted by molar-refractivity contribution is 7.89. The van der Waals surface area contributed by atoms with Gasteiger partial charge in [0.2, 0.25) is 15.9 Å². The third-order valence-corrected chi connectivity index (χ3v) is 5.47. The Balaban J connectivity index is 1.93. The van der Waals surface area contributed by atoms with Crippen molar-refractivity contribution in [2.24, 2.45) is 0 Å². The van der Waals surface area contributed by atoms with E-state index in [0.29, 0.717) is 24.4 Å². The van der Waals surface area contributed by atoms with Gasteiger partial charge in [-0.3, -0.25) is 4.79 Å². The van der Waals surface area contributed by atoms with Crippen LogP contribution >= 0.6 is 11.6 Å². The average Bonchev–Trinajstić information content (AvgIpc) is 2.56. The smallest absolute Gasteiger partial charge is 0.240 e. The summed E-state index contributed by atoms with van der Waals surface area (Å²) >= 11 is 5.90. The van der Waals surface area contributed by atoms with E-state index in [1.807, 2.05) is 6.92 Å². The summed E-state index contributed by atoms with van der Waals surface area (Å²) in [7, 11) is -3.45.